The molecule has 2 aromatic rings. The van der Waals surface area contributed by atoms with Crippen molar-refractivity contribution in [2.75, 3.05) is 13.7 Å². The summed E-state index contributed by atoms with van der Waals surface area (Å²) in [5.41, 5.74) is 1.31. The van der Waals surface area contributed by atoms with E-state index in [0.29, 0.717) is 18.3 Å². The van der Waals surface area contributed by atoms with Crippen LogP contribution in [0.1, 0.15) is 42.6 Å². The lowest BCUT2D eigenvalue weighted by Crippen LogP contribution is -2.30. The third-order valence-electron chi connectivity index (χ3n) is 4.14. The zero-order chi connectivity index (χ0) is 16.1. The predicted molar refractivity (Wildman–Crippen MR) is 83.9 cm³/mol. The minimum Gasteiger partial charge on any atom is -0.453 e. The molecule has 0 aliphatic carbocycles. The molecule has 0 N–H and O–H groups in total. The lowest BCUT2D eigenvalue weighted by atomic mass is 10.1. The smallest absolute Gasteiger partial charge is 0.410 e. The molecular formula is C17H21N3O3. The monoisotopic (exact) mass is 315 g/mol. The van der Waals surface area contributed by atoms with Crippen molar-refractivity contribution in [1.82, 2.24) is 15.0 Å². The van der Waals surface area contributed by atoms with Crippen LogP contribution in [0.4, 0.5) is 4.79 Å². The van der Waals surface area contributed by atoms with Crippen molar-refractivity contribution < 1.29 is 14.1 Å². The first-order chi connectivity index (χ1) is 11.3. The standard InChI is InChI=1S/C17H21N3O3/c1-22-17(21)20-12-6-10-14(20)16-18-15(19-23-16)11-5-9-13-7-3-2-4-8-13/h2-4,7-8,14H,5-6,9-12H2,1H3. The summed E-state index contributed by atoms with van der Waals surface area (Å²) in [5.74, 6) is 1.22. The molecule has 1 fully saturated rings. The molecule has 23 heavy (non-hydrogen) atoms. The minimum absolute atomic E-state index is 0.155. The third-order valence-corrected chi connectivity index (χ3v) is 4.14. The van der Waals surface area contributed by atoms with Crippen LogP contribution in [0.15, 0.2) is 34.9 Å². The third kappa shape index (κ3) is 3.70. The summed E-state index contributed by atoms with van der Waals surface area (Å²) >= 11 is 0. The van der Waals surface area contributed by atoms with E-state index >= 15 is 0 Å². The zero-order valence-corrected chi connectivity index (χ0v) is 13.3. The van der Waals surface area contributed by atoms with Gasteiger partial charge in [-0.15, -0.1) is 0 Å². The van der Waals surface area contributed by atoms with Crippen molar-refractivity contribution in [2.45, 2.75) is 38.1 Å². The summed E-state index contributed by atoms with van der Waals surface area (Å²) in [6.07, 6.45) is 4.14. The average Bonchev–Trinajstić information content (AvgIpc) is 3.24. The van der Waals surface area contributed by atoms with Gasteiger partial charge in [-0.25, -0.2) is 4.79 Å². The van der Waals surface area contributed by atoms with Gasteiger partial charge in [0.1, 0.15) is 6.04 Å². The van der Waals surface area contributed by atoms with Gasteiger partial charge < -0.3 is 9.26 Å². The van der Waals surface area contributed by atoms with Gasteiger partial charge in [-0.3, -0.25) is 4.90 Å². The molecule has 1 aromatic carbocycles. The number of rotatable bonds is 5. The fraction of sp³-hybridized carbons (Fsp3) is 0.471. The molecule has 0 bridgehead atoms. The van der Waals surface area contributed by atoms with Crippen LogP contribution in [-0.4, -0.2) is 34.8 Å². The summed E-state index contributed by atoms with van der Waals surface area (Å²) in [6, 6.07) is 10.2. The Morgan fingerprint density at radius 1 is 1.35 bits per heavy atom. The second-order valence-corrected chi connectivity index (χ2v) is 5.71. The Morgan fingerprint density at radius 3 is 2.96 bits per heavy atom. The summed E-state index contributed by atoms with van der Waals surface area (Å²) in [4.78, 5) is 17.9. The average molecular weight is 315 g/mol. The maximum Gasteiger partial charge on any atom is 0.410 e. The highest BCUT2D eigenvalue weighted by Gasteiger charge is 2.34. The normalized spacial score (nSPS) is 17.4. The van der Waals surface area contributed by atoms with E-state index in [1.54, 1.807) is 4.90 Å². The molecule has 1 aliphatic heterocycles. The first kappa shape index (κ1) is 15.5. The number of aryl methyl sites for hydroxylation is 2. The molecule has 1 aliphatic rings. The molecule has 2 heterocycles. The number of hydrogen-bond donors (Lipinski definition) is 0. The van der Waals surface area contributed by atoms with Crippen LogP contribution < -0.4 is 0 Å². The number of methoxy groups -OCH3 is 1. The first-order valence-electron chi connectivity index (χ1n) is 7.99. The number of carbonyl (C=O) groups excluding carboxylic acids is 1. The SMILES string of the molecule is COC(=O)N1CCCC1c1nc(CCCc2ccccc2)no1. The van der Waals surface area contributed by atoms with Crippen molar-refractivity contribution in [3.8, 4) is 0 Å². The second-order valence-electron chi connectivity index (χ2n) is 5.71. The first-order valence-corrected chi connectivity index (χ1v) is 7.99. The van der Waals surface area contributed by atoms with E-state index in [9.17, 15) is 4.79 Å². The van der Waals surface area contributed by atoms with Crippen LogP contribution >= 0.6 is 0 Å². The Labute approximate surface area is 135 Å². The lowest BCUT2D eigenvalue weighted by molar-refractivity contribution is 0.112. The highest BCUT2D eigenvalue weighted by atomic mass is 16.5. The van der Waals surface area contributed by atoms with Gasteiger partial charge in [-0.05, 0) is 31.2 Å². The fourth-order valence-electron chi connectivity index (χ4n) is 2.96. The topological polar surface area (TPSA) is 68.5 Å². The number of likely N-dealkylation sites (tertiary alicyclic amines) is 1. The quantitative estimate of drug-likeness (QED) is 0.848. The Balaban J connectivity index is 1.56. The Morgan fingerprint density at radius 2 is 2.17 bits per heavy atom. The number of ether oxygens (including phenoxy) is 1. The molecule has 3 rings (SSSR count). The Bertz CT molecular complexity index is 642. The van der Waals surface area contributed by atoms with Crippen LogP contribution in [0, 0.1) is 0 Å². The second kappa shape index (κ2) is 7.26. The van der Waals surface area contributed by atoms with Gasteiger partial charge in [-0.2, -0.15) is 4.98 Å². The molecule has 1 saturated heterocycles. The summed E-state index contributed by atoms with van der Waals surface area (Å²) < 4.78 is 10.2. The molecule has 6 nitrogen and oxygen atoms in total. The highest BCUT2D eigenvalue weighted by molar-refractivity contribution is 5.68. The lowest BCUT2D eigenvalue weighted by Gasteiger charge is -2.19. The number of benzene rings is 1. The van der Waals surface area contributed by atoms with E-state index in [-0.39, 0.29) is 12.1 Å². The largest absolute Gasteiger partial charge is 0.453 e. The van der Waals surface area contributed by atoms with E-state index in [4.69, 9.17) is 9.26 Å². The van der Waals surface area contributed by atoms with Crippen molar-refractivity contribution in [1.29, 1.82) is 0 Å². The van der Waals surface area contributed by atoms with Gasteiger partial charge in [0.05, 0.1) is 7.11 Å². The molecular weight excluding hydrogens is 294 g/mol. The van der Waals surface area contributed by atoms with Gasteiger partial charge in [0.25, 0.3) is 0 Å². The summed E-state index contributed by atoms with van der Waals surface area (Å²) in [7, 11) is 1.39. The molecule has 6 heteroatoms. The van der Waals surface area contributed by atoms with Crippen molar-refractivity contribution in [3.05, 3.63) is 47.6 Å². The minimum atomic E-state index is -0.337. The van der Waals surface area contributed by atoms with Crippen LogP contribution in [0.2, 0.25) is 0 Å². The molecule has 1 unspecified atom stereocenters. The molecule has 1 aromatic heterocycles. The van der Waals surface area contributed by atoms with Gasteiger partial charge in [0.2, 0.25) is 5.89 Å². The number of carbonyl (C=O) groups is 1. The zero-order valence-electron chi connectivity index (χ0n) is 13.3. The number of aromatic nitrogens is 2. The molecule has 122 valence electrons. The maximum atomic E-state index is 11.7. The Hall–Kier alpha value is -2.37. The van der Waals surface area contributed by atoms with Crippen LogP contribution in [0.3, 0.4) is 0 Å². The Kier molecular flexibility index (Phi) is 4.90. The van der Waals surface area contributed by atoms with E-state index in [1.165, 1.54) is 12.7 Å². The van der Waals surface area contributed by atoms with Crippen molar-refractivity contribution in [3.63, 3.8) is 0 Å². The van der Waals surface area contributed by atoms with Crippen LogP contribution in [0.25, 0.3) is 0 Å². The number of amides is 1. The van der Waals surface area contributed by atoms with E-state index < -0.39 is 0 Å². The fourth-order valence-corrected chi connectivity index (χ4v) is 2.96. The van der Waals surface area contributed by atoms with E-state index in [0.717, 1.165) is 32.1 Å². The van der Waals surface area contributed by atoms with Crippen molar-refractivity contribution in [2.24, 2.45) is 0 Å². The molecule has 1 atom stereocenters. The van der Waals surface area contributed by atoms with Crippen molar-refractivity contribution >= 4 is 6.09 Å². The summed E-state index contributed by atoms with van der Waals surface area (Å²) in [5, 5.41) is 4.05. The molecule has 0 radical (unpaired) electrons. The van der Waals surface area contributed by atoms with Gasteiger partial charge in [0.15, 0.2) is 5.82 Å². The number of nitrogens with zero attached hydrogens (tertiary/aromatic N) is 3. The van der Waals surface area contributed by atoms with Gasteiger partial charge >= 0.3 is 6.09 Å². The van der Waals surface area contributed by atoms with Crippen LogP contribution in [0.5, 0.6) is 0 Å². The number of hydrogen-bond acceptors (Lipinski definition) is 5. The molecule has 0 saturated carbocycles. The molecule has 1 amide bonds. The predicted octanol–water partition coefficient (Wildman–Crippen LogP) is 3.15. The van der Waals surface area contributed by atoms with Gasteiger partial charge in [-0.1, -0.05) is 35.5 Å². The van der Waals surface area contributed by atoms with Gasteiger partial charge in [0, 0.05) is 13.0 Å². The van der Waals surface area contributed by atoms with E-state index in [1.807, 2.05) is 18.2 Å². The maximum absolute atomic E-state index is 11.7. The van der Waals surface area contributed by atoms with Crippen LogP contribution in [-0.2, 0) is 17.6 Å². The summed E-state index contributed by atoms with van der Waals surface area (Å²) in [6.45, 7) is 0.670. The van der Waals surface area contributed by atoms with E-state index in [2.05, 4.69) is 22.3 Å². The molecule has 0 spiro atoms. The highest BCUT2D eigenvalue weighted by Crippen LogP contribution is 2.31.